The second-order valence-corrected chi connectivity index (χ2v) is 7.95. The number of fused-ring (bicyclic) bond motifs is 2. The van der Waals surface area contributed by atoms with Gasteiger partial charge in [0.2, 0.25) is 5.69 Å². The predicted molar refractivity (Wildman–Crippen MR) is 125 cm³/mol. The summed E-state index contributed by atoms with van der Waals surface area (Å²) in [7, 11) is 1.40. The lowest BCUT2D eigenvalue weighted by atomic mass is 9.89. The maximum atomic E-state index is 11.9. The van der Waals surface area contributed by atoms with Gasteiger partial charge in [0.1, 0.15) is 0 Å². The normalized spacial score (nSPS) is 14.0. The molecule has 0 spiro atoms. The first kappa shape index (κ1) is 19.1. The Balaban J connectivity index is 1.77. The first-order valence-electron chi connectivity index (χ1n) is 10.3. The third-order valence-electron chi connectivity index (χ3n) is 5.81. The largest absolute Gasteiger partial charge is 0.465 e. The lowest BCUT2D eigenvalue weighted by Crippen LogP contribution is -2.58. The van der Waals surface area contributed by atoms with Crippen molar-refractivity contribution < 1.29 is 14.5 Å². The van der Waals surface area contributed by atoms with Crippen molar-refractivity contribution in [2.75, 3.05) is 7.11 Å². The molecule has 4 nitrogen and oxygen atoms in total. The Morgan fingerprint density at radius 2 is 1.61 bits per heavy atom. The van der Waals surface area contributed by atoms with E-state index in [4.69, 9.17) is 4.74 Å². The van der Waals surface area contributed by atoms with Crippen LogP contribution in [0.3, 0.4) is 0 Å². The fourth-order valence-corrected chi connectivity index (χ4v) is 4.24. The molecule has 1 aromatic heterocycles. The summed E-state index contributed by atoms with van der Waals surface area (Å²) in [5.41, 5.74) is 10.7. The second kappa shape index (κ2) is 7.40. The number of aryl methyl sites for hydroxylation is 2. The predicted octanol–water partition coefficient (Wildman–Crippen LogP) is 4.33. The maximum Gasteiger partial charge on any atom is 0.337 e. The topological polar surface area (TPSA) is 56.1 Å². The van der Waals surface area contributed by atoms with Crippen LogP contribution in [0.25, 0.3) is 22.0 Å². The molecule has 0 radical (unpaired) electrons. The zero-order chi connectivity index (χ0) is 21.5. The summed E-state index contributed by atoms with van der Waals surface area (Å²) in [6, 6.07) is 20.5. The molecule has 0 bridgehead atoms. The van der Waals surface area contributed by atoms with E-state index >= 15 is 0 Å². The average molecular weight is 407 g/mol. The monoisotopic (exact) mass is 407 g/mol. The van der Waals surface area contributed by atoms with Crippen molar-refractivity contribution in [1.82, 2.24) is 4.98 Å². The maximum absolute atomic E-state index is 11.9. The highest BCUT2D eigenvalue weighted by molar-refractivity contribution is 6.24. The van der Waals surface area contributed by atoms with E-state index in [1.165, 1.54) is 29.2 Å². The van der Waals surface area contributed by atoms with Crippen LogP contribution in [0.15, 0.2) is 66.9 Å². The van der Waals surface area contributed by atoms with Crippen molar-refractivity contribution in [2.45, 2.75) is 13.8 Å². The number of aromatic nitrogens is 1. The van der Waals surface area contributed by atoms with Gasteiger partial charge in [-0.2, -0.15) is 0 Å². The van der Waals surface area contributed by atoms with E-state index in [0.717, 1.165) is 33.5 Å². The van der Waals surface area contributed by atoms with Crippen LogP contribution in [0.2, 0.25) is 0 Å². The van der Waals surface area contributed by atoms with Gasteiger partial charge in [-0.15, -0.1) is 0 Å². The summed E-state index contributed by atoms with van der Waals surface area (Å²) in [6.07, 6.45) is 4.14. The molecule has 152 valence electrons. The lowest BCUT2D eigenvalue weighted by Gasteiger charge is -2.11. The van der Waals surface area contributed by atoms with Crippen LogP contribution < -0.4 is 4.99 Å². The molecule has 0 atom stereocenters. The number of rotatable bonds is 3. The van der Waals surface area contributed by atoms with Crippen molar-refractivity contribution in [2.24, 2.45) is 0 Å². The summed E-state index contributed by atoms with van der Waals surface area (Å²) in [4.78, 5) is 18.8. The van der Waals surface area contributed by atoms with Gasteiger partial charge in [0.05, 0.1) is 23.8 Å². The molecule has 0 amide bonds. The molecular formula is C27H23N2O2+. The number of allylic oxidation sites excluding steroid dienone is 1. The first-order chi connectivity index (χ1) is 15.0. The number of hydrogen-bond donors (Lipinski definition) is 2. The standard InChI is InChI=1S/C27H22N2O2/c1-16-4-10-20-22(14-28-24(20)12-16)26(18-6-8-19(9-7-18)27(30)31-3)23-15-29-25-13-17(2)5-11-21(23)25/h4-15,28H,1-3H3/p+1. The van der Waals surface area contributed by atoms with Crippen LogP contribution in [0.1, 0.15) is 38.2 Å². The van der Waals surface area contributed by atoms with E-state index in [9.17, 15) is 4.79 Å². The molecule has 0 saturated heterocycles. The molecule has 3 aromatic carbocycles. The third kappa shape index (κ3) is 3.26. The van der Waals surface area contributed by atoms with E-state index in [0.29, 0.717) is 5.56 Å². The van der Waals surface area contributed by atoms with E-state index in [2.05, 4.69) is 72.6 Å². The minimum Gasteiger partial charge on any atom is -0.465 e. The highest BCUT2D eigenvalue weighted by atomic mass is 16.5. The van der Waals surface area contributed by atoms with Crippen molar-refractivity contribution in [1.29, 1.82) is 0 Å². The van der Waals surface area contributed by atoms with Gasteiger partial charge in [0.25, 0.3) is 0 Å². The number of esters is 1. The Hall–Kier alpha value is -3.92. The van der Waals surface area contributed by atoms with Crippen LogP contribution in [-0.4, -0.2) is 24.3 Å². The van der Waals surface area contributed by atoms with E-state index in [-0.39, 0.29) is 5.97 Å². The molecule has 0 saturated carbocycles. The summed E-state index contributed by atoms with van der Waals surface area (Å²) < 4.78 is 4.86. The van der Waals surface area contributed by atoms with Gasteiger partial charge in [-0.05, 0) is 54.8 Å². The van der Waals surface area contributed by atoms with Crippen molar-refractivity contribution >= 4 is 39.9 Å². The number of aromatic amines is 1. The Labute approximate surface area is 180 Å². The van der Waals surface area contributed by atoms with Gasteiger partial charge in [0, 0.05) is 34.3 Å². The molecule has 0 fully saturated rings. The van der Waals surface area contributed by atoms with Gasteiger partial charge < -0.3 is 9.72 Å². The van der Waals surface area contributed by atoms with Crippen molar-refractivity contribution in [3.63, 3.8) is 0 Å². The SMILES string of the molecule is COC(=O)c1ccc(C(=C2C=[NH+]c3cc(C)ccc32)c2c[nH]c3cc(C)ccc23)cc1. The number of hydrogen-bond acceptors (Lipinski definition) is 2. The van der Waals surface area contributed by atoms with Gasteiger partial charge in [-0.25, -0.2) is 9.79 Å². The minimum absolute atomic E-state index is 0.335. The number of carbonyl (C=O) groups is 1. The van der Waals surface area contributed by atoms with Crippen LogP contribution >= 0.6 is 0 Å². The Kier molecular flexibility index (Phi) is 4.55. The fourth-order valence-electron chi connectivity index (χ4n) is 4.24. The van der Waals surface area contributed by atoms with Crippen LogP contribution in [-0.2, 0) is 4.74 Å². The Morgan fingerprint density at radius 1 is 0.903 bits per heavy atom. The summed E-state index contributed by atoms with van der Waals surface area (Å²) >= 11 is 0. The highest BCUT2D eigenvalue weighted by Crippen LogP contribution is 2.38. The summed E-state index contributed by atoms with van der Waals surface area (Å²) in [5.74, 6) is -0.335. The number of methoxy groups -OCH3 is 1. The van der Waals surface area contributed by atoms with Gasteiger partial charge in [-0.3, -0.25) is 0 Å². The first-order valence-corrected chi connectivity index (χ1v) is 10.3. The summed E-state index contributed by atoms with van der Waals surface area (Å²) in [5, 5.41) is 1.17. The molecule has 2 heterocycles. The molecule has 1 aliphatic rings. The van der Waals surface area contributed by atoms with E-state index in [1.54, 1.807) is 0 Å². The van der Waals surface area contributed by atoms with Crippen LogP contribution in [0, 0.1) is 13.8 Å². The van der Waals surface area contributed by atoms with Gasteiger partial charge >= 0.3 is 5.97 Å². The minimum atomic E-state index is -0.335. The molecule has 1 aliphatic heterocycles. The third-order valence-corrected chi connectivity index (χ3v) is 5.81. The van der Waals surface area contributed by atoms with Crippen LogP contribution in [0.4, 0.5) is 5.69 Å². The number of ether oxygens (including phenoxy) is 1. The average Bonchev–Trinajstić information content (AvgIpc) is 3.38. The zero-order valence-corrected chi connectivity index (χ0v) is 17.7. The molecule has 2 N–H and O–H groups in total. The van der Waals surface area contributed by atoms with Crippen molar-refractivity contribution in [3.05, 3.63) is 100 Å². The number of benzene rings is 3. The fraction of sp³-hybridized carbons (Fsp3) is 0.111. The van der Waals surface area contributed by atoms with Crippen LogP contribution in [0.5, 0.6) is 0 Å². The number of nitrogens with one attached hydrogen (secondary N) is 2. The molecule has 4 aromatic rings. The van der Waals surface area contributed by atoms with Crippen molar-refractivity contribution in [3.8, 4) is 0 Å². The molecule has 0 aliphatic carbocycles. The summed E-state index contributed by atoms with van der Waals surface area (Å²) in [6.45, 7) is 4.19. The number of H-pyrrole nitrogens is 1. The van der Waals surface area contributed by atoms with E-state index in [1.807, 2.05) is 24.3 Å². The molecule has 5 rings (SSSR count). The lowest BCUT2D eigenvalue weighted by molar-refractivity contribution is -0.342. The quantitative estimate of drug-likeness (QED) is 0.497. The smallest absolute Gasteiger partial charge is 0.337 e. The zero-order valence-electron chi connectivity index (χ0n) is 17.7. The Bertz CT molecular complexity index is 1390. The molecule has 0 unspecified atom stereocenters. The Morgan fingerprint density at radius 3 is 2.39 bits per heavy atom. The van der Waals surface area contributed by atoms with E-state index < -0.39 is 0 Å². The molecular weight excluding hydrogens is 384 g/mol. The molecule has 31 heavy (non-hydrogen) atoms. The number of carbonyl (C=O) groups excluding carboxylic acids is 1. The molecule has 4 heteroatoms. The van der Waals surface area contributed by atoms with Gasteiger partial charge in [-0.1, -0.05) is 30.3 Å². The van der Waals surface area contributed by atoms with Gasteiger partial charge in [0.15, 0.2) is 6.21 Å². The second-order valence-electron chi connectivity index (χ2n) is 7.95. The highest BCUT2D eigenvalue weighted by Gasteiger charge is 2.25.